The molecule has 128 valence electrons. The summed E-state index contributed by atoms with van der Waals surface area (Å²) in [5.74, 6) is 1.51. The molecule has 0 amide bonds. The van der Waals surface area contributed by atoms with Gasteiger partial charge in [0.25, 0.3) is 0 Å². The molecular weight excluding hydrogens is 427 g/mol. The molecule has 1 saturated heterocycles. The number of rotatable bonds is 6. The molecule has 1 aliphatic heterocycles. The molecule has 4 nitrogen and oxygen atoms in total. The van der Waals surface area contributed by atoms with Crippen molar-refractivity contribution in [2.45, 2.75) is 58.8 Å². The van der Waals surface area contributed by atoms with Crippen molar-refractivity contribution in [1.82, 2.24) is 0 Å². The van der Waals surface area contributed by atoms with Gasteiger partial charge in [-0.3, -0.25) is 0 Å². The minimum absolute atomic E-state index is 0.267. The first-order valence-electron chi connectivity index (χ1n) is 8.19. The van der Waals surface area contributed by atoms with Crippen molar-refractivity contribution in [1.29, 1.82) is 0 Å². The maximum atomic E-state index is 12.7. The molecule has 0 N–H and O–H groups in total. The first-order valence-corrected chi connectivity index (χ1v) is 14.0. The van der Waals surface area contributed by atoms with Crippen molar-refractivity contribution in [2.24, 2.45) is 5.41 Å². The number of thioether (sulfide) groups is 2. The van der Waals surface area contributed by atoms with Crippen LogP contribution in [0.5, 0.6) is 0 Å². The Morgan fingerprint density at radius 1 is 1.18 bits per heavy atom. The summed E-state index contributed by atoms with van der Waals surface area (Å²) in [6, 6.07) is 0. The van der Waals surface area contributed by atoms with Gasteiger partial charge in [-0.05, 0) is 0 Å². The molecule has 7 heteroatoms. The number of carbonyl (C=O) groups is 1. The molecule has 0 saturated carbocycles. The number of unbranched alkanes of at least 4 members (excludes halogenated alkanes) is 2. The molecular formula is C15H28O4S2Sn. The molecule has 0 atom stereocenters. The average molecular weight is 455 g/mol. The van der Waals surface area contributed by atoms with Gasteiger partial charge in [0.2, 0.25) is 0 Å². The van der Waals surface area contributed by atoms with Gasteiger partial charge in [-0.15, -0.1) is 0 Å². The zero-order chi connectivity index (χ0) is 16.3. The van der Waals surface area contributed by atoms with E-state index in [4.69, 9.17) is 6.15 Å². The normalized spacial score (nSPS) is 20.8. The topological polar surface area (TPSA) is 52.6 Å². The Bertz CT molecular complexity index is 344. The summed E-state index contributed by atoms with van der Waals surface area (Å²) >= 11 is 0.0296. The van der Waals surface area contributed by atoms with Crippen molar-refractivity contribution in [3.63, 3.8) is 0 Å². The van der Waals surface area contributed by atoms with Gasteiger partial charge in [0, 0.05) is 0 Å². The Hall–Kier alpha value is 0.729. The van der Waals surface area contributed by atoms with E-state index in [2.05, 4.69) is 13.8 Å². The van der Waals surface area contributed by atoms with E-state index in [1.54, 1.807) is 0 Å². The molecule has 0 radical (unpaired) electrons. The van der Waals surface area contributed by atoms with E-state index in [1.807, 2.05) is 23.5 Å². The molecule has 0 aromatic rings. The molecule has 1 fully saturated rings. The Labute approximate surface area is 151 Å². The summed E-state index contributed by atoms with van der Waals surface area (Å²) in [5.41, 5.74) is -0.476. The second-order valence-corrected chi connectivity index (χ2v) is 11.0. The molecule has 1 heterocycles. The van der Waals surface area contributed by atoms with E-state index in [0.29, 0.717) is 6.61 Å². The third-order valence-corrected chi connectivity index (χ3v) is 8.75. The van der Waals surface area contributed by atoms with E-state index >= 15 is 0 Å². The summed E-state index contributed by atoms with van der Waals surface area (Å²) in [5, 5.41) is 0.996. The molecule has 0 aromatic carbocycles. The summed E-state index contributed by atoms with van der Waals surface area (Å²) in [4.78, 5) is 12.7. The Morgan fingerprint density at radius 3 is 2.50 bits per heavy atom. The predicted molar refractivity (Wildman–Crippen MR) is 94.4 cm³/mol. The Kier molecular flexibility index (Phi) is 11.5. The third kappa shape index (κ3) is 7.53. The van der Waals surface area contributed by atoms with Gasteiger partial charge in [-0.25, -0.2) is 0 Å². The predicted octanol–water partition coefficient (Wildman–Crippen LogP) is 4.16. The maximum absolute atomic E-state index is 12.7. The van der Waals surface area contributed by atoms with Crippen LogP contribution < -0.4 is 0 Å². The van der Waals surface area contributed by atoms with Crippen molar-refractivity contribution in [3.8, 4) is 0 Å². The van der Waals surface area contributed by atoms with Gasteiger partial charge < -0.3 is 0 Å². The van der Waals surface area contributed by atoms with Crippen LogP contribution >= 0.6 is 23.5 Å². The fourth-order valence-corrected chi connectivity index (χ4v) is 6.95. The van der Waals surface area contributed by atoms with Gasteiger partial charge in [0.15, 0.2) is 0 Å². The SMILES string of the molecule is CCCCC1(CCCC)CSCSCCC[O][Sn](=[O])[O]C1=O. The molecule has 22 heavy (non-hydrogen) atoms. The van der Waals surface area contributed by atoms with Crippen molar-refractivity contribution in [3.05, 3.63) is 0 Å². The van der Waals surface area contributed by atoms with Crippen LogP contribution in [0.3, 0.4) is 0 Å². The molecule has 0 aliphatic carbocycles. The van der Waals surface area contributed by atoms with Crippen molar-refractivity contribution >= 4 is 50.1 Å². The van der Waals surface area contributed by atoms with Crippen molar-refractivity contribution < 1.29 is 14.0 Å². The summed E-state index contributed by atoms with van der Waals surface area (Å²) in [6.45, 7) is 4.71. The Balaban J connectivity index is 2.85. The molecule has 0 bridgehead atoms. The van der Waals surface area contributed by atoms with E-state index < -0.39 is 26.0 Å². The standard InChI is InChI=1S/C15H29O3S2.O.Sn/c1-3-5-8-15(14(17)18,9-6-4-2)12-20-13-19-11-7-10-16;;/h3-13H2,1-2H3,(H,17,18);;/q-1;;+2/p-1. The minimum atomic E-state index is -3.66. The second-order valence-electron chi connectivity index (χ2n) is 5.70. The van der Waals surface area contributed by atoms with Crippen LogP contribution in [-0.2, 0) is 14.0 Å². The molecule has 1 rings (SSSR count). The first-order chi connectivity index (χ1) is 10.6. The van der Waals surface area contributed by atoms with E-state index in [-0.39, 0.29) is 5.97 Å². The third-order valence-electron chi connectivity index (χ3n) is 3.82. The van der Waals surface area contributed by atoms with E-state index in [0.717, 1.165) is 61.5 Å². The van der Waals surface area contributed by atoms with Crippen LogP contribution in [0.4, 0.5) is 0 Å². The zero-order valence-electron chi connectivity index (χ0n) is 13.7. The molecule has 0 spiro atoms. The van der Waals surface area contributed by atoms with Crippen LogP contribution in [0.25, 0.3) is 0 Å². The molecule has 1 aliphatic rings. The van der Waals surface area contributed by atoms with Gasteiger partial charge in [0.1, 0.15) is 0 Å². The summed E-state index contributed by atoms with van der Waals surface area (Å²) < 4.78 is 22.5. The summed E-state index contributed by atoms with van der Waals surface area (Å²) in [7, 11) is 0. The van der Waals surface area contributed by atoms with E-state index in [1.165, 1.54) is 0 Å². The van der Waals surface area contributed by atoms with Gasteiger partial charge in [-0.2, -0.15) is 0 Å². The van der Waals surface area contributed by atoms with Crippen LogP contribution in [-0.4, -0.2) is 49.7 Å². The molecule has 0 unspecified atom stereocenters. The van der Waals surface area contributed by atoms with Crippen LogP contribution in [0.2, 0.25) is 0 Å². The van der Waals surface area contributed by atoms with Crippen LogP contribution in [0, 0.1) is 5.41 Å². The number of hydrogen-bond acceptors (Lipinski definition) is 6. The summed E-state index contributed by atoms with van der Waals surface area (Å²) in [6.07, 6.45) is 6.65. The zero-order valence-corrected chi connectivity index (χ0v) is 18.2. The van der Waals surface area contributed by atoms with Crippen LogP contribution in [0.15, 0.2) is 0 Å². The fourth-order valence-electron chi connectivity index (χ4n) is 2.45. The van der Waals surface area contributed by atoms with Gasteiger partial charge in [0.05, 0.1) is 0 Å². The second kappa shape index (κ2) is 12.1. The molecule has 0 aromatic heterocycles. The van der Waals surface area contributed by atoms with Gasteiger partial charge >= 0.3 is 151 Å². The van der Waals surface area contributed by atoms with Crippen LogP contribution in [0.1, 0.15) is 58.8 Å². The fraction of sp³-hybridized carbons (Fsp3) is 0.933. The quantitative estimate of drug-likeness (QED) is 0.561. The number of carbonyl (C=O) groups excluding carboxylic acids is 1. The number of hydrogen-bond donors (Lipinski definition) is 0. The van der Waals surface area contributed by atoms with E-state index in [9.17, 15) is 7.87 Å². The monoisotopic (exact) mass is 456 g/mol. The van der Waals surface area contributed by atoms with Crippen molar-refractivity contribution in [2.75, 3.05) is 23.2 Å². The first kappa shape index (κ1) is 20.8. The Morgan fingerprint density at radius 2 is 1.86 bits per heavy atom. The average Bonchev–Trinajstić information content (AvgIpc) is 2.50. The van der Waals surface area contributed by atoms with Gasteiger partial charge in [-0.1, -0.05) is 0 Å².